The van der Waals surface area contributed by atoms with Crippen LogP contribution in [0.2, 0.25) is 0 Å². The van der Waals surface area contributed by atoms with E-state index in [1.165, 1.54) is 0 Å². The highest BCUT2D eigenvalue weighted by Crippen LogP contribution is 2.44. The van der Waals surface area contributed by atoms with E-state index < -0.39 is 24.2 Å². The van der Waals surface area contributed by atoms with Gasteiger partial charge >= 0.3 is 18.2 Å². The molecule has 0 aromatic heterocycles. The summed E-state index contributed by atoms with van der Waals surface area (Å²) in [5.41, 5.74) is 5.32. The number of unbranched alkanes of at least 4 members (excludes halogenated alkanes) is 1. The Morgan fingerprint density at radius 2 is 1.41 bits per heavy atom. The Morgan fingerprint density at radius 1 is 0.756 bits per heavy atom. The molecule has 1 aliphatic carbocycles. The molecular weight excluding hydrogens is 520 g/mol. The van der Waals surface area contributed by atoms with Crippen LogP contribution in [0.4, 0.5) is 9.59 Å². The number of rotatable bonds is 11. The summed E-state index contributed by atoms with van der Waals surface area (Å²) in [6.45, 7) is 0.584. The van der Waals surface area contributed by atoms with Crippen LogP contribution in [0.5, 0.6) is 0 Å². The average Bonchev–Trinajstić information content (AvgIpc) is 3.31. The second-order valence-electron chi connectivity index (χ2n) is 10.00. The lowest BCUT2D eigenvalue weighted by Gasteiger charge is -2.17. The second-order valence-corrected chi connectivity index (χ2v) is 10.00. The number of carboxylic acid groups (broad SMARTS) is 1. The molecule has 8 nitrogen and oxygen atoms in total. The van der Waals surface area contributed by atoms with E-state index in [1.807, 2.05) is 91.0 Å². The van der Waals surface area contributed by atoms with Gasteiger partial charge < -0.3 is 25.2 Å². The predicted molar refractivity (Wildman–Crippen MR) is 156 cm³/mol. The highest BCUT2D eigenvalue weighted by Gasteiger charge is 2.29. The average molecular weight is 553 g/mol. The third-order valence-electron chi connectivity index (χ3n) is 7.36. The Kier molecular flexibility index (Phi) is 8.79. The fourth-order valence-corrected chi connectivity index (χ4v) is 5.32. The molecule has 4 aromatic carbocycles. The summed E-state index contributed by atoms with van der Waals surface area (Å²) < 4.78 is 10.8. The quantitative estimate of drug-likeness (QED) is 0.190. The molecule has 1 atom stereocenters. The van der Waals surface area contributed by atoms with Crippen molar-refractivity contribution in [2.45, 2.75) is 37.8 Å². The first-order valence-electron chi connectivity index (χ1n) is 13.7. The summed E-state index contributed by atoms with van der Waals surface area (Å²) in [5.74, 6) is -1.25. The van der Waals surface area contributed by atoms with E-state index in [1.54, 1.807) is 0 Å². The first kappa shape index (κ1) is 27.7. The Labute approximate surface area is 238 Å². The summed E-state index contributed by atoms with van der Waals surface area (Å²) in [5, 5.41) is 16.9. The van der Waals surface area contributed by atoms with Crippen molar-refractivity contribution in [3.05, 3.63) is 108 Å². The fourth-order valence-electron chi connectivity index (χ4n) is 5.32. The molecular formula is C33H32N2O6. The summed E-state index contributed by atoms with van der Waals surface area (Å²) in [4.78, 5) is 36.4. The Hall–Kier alpha value is -4.85. The summed E-state index contributed by atoms with van der Waals surface area (Å²) in [7, 11) is 0. The molecule has 8 heteroatoms. The molecule has 0 saturated carbocycles. The molecule has 0 fully saturated rings. The molecule has 2 amide bonds. The molecule has 4 aromatic rings. The third kappa shape index (κ3) is 6.66. The van der Waals surface area contributed by atoms with E-state index >= 15 is 0 Å². The molecule has 1 aliphatic rings. The standard InChI is InChI=1S/C33H32N2O6/c36-31(37)30(18-7-8-19-34-32(38)40-20-23-12-9-11-22-10-1-2-13-24(22)23)35-33(39)41-21-29-27-16-5-3-14-25(27)26-15-4-6-17-28(26)29/h1-6,9-17,29-30H,7-8,18-21H2,(H,34,38)(H,35,39)(H,36,37)/t30-/m0/s1. The lowest BCUT2D eigenvalue weighted by atomic mass is 9.98. The van der Waals surface area contributed by atoms with Gasteiger partial charge in [0, 0.05) is 12.5 Å². The first-order valence-corrected chi connectivity index (χ1v) is 13.7. The molecule has 0 radical (unpaired) electrons. The van der Waals surface area contributed by atoms with Crippen LogP contribution >= 0.6 is 0 Å². The maximum absolute atomic E-state index is 12.5. The van der Waals surface area contributed by atoms with Crippen LogP contribution in [0.1, 0.15) is 41.9 Å². The number of alkyl carbamates (subject to hydrolysis) is 2. The van der Waals surface area contributed by atoms with Crippen molar-refractivity contribution in [2.75, 3.05) is 13.2 Å². The molecule has 0 unspecified atom stereocenters. The van der Waals surface area contributed by atoms with Crippen molar-refractivity contribution in [1.82, 2.24) is 10.6 Å². The largest absolute Gasteiger partial charge is 0.480 e. The minimum absolute atomic E-state index is 0.108. The van der Waals surface area contributed by atoms with E-state index in [4.69, 9.17) is 9.47 Å². The van der Waals surface area contributed by atoms with Gasteiger partial charge in [-0.2, -0.15) is 0 Å². The number of benzene rings is 4. The van der Waals surface area contributed by atoms with E-state index in [9.17, 15) is 19.5 Å². The third-order valence-corrected chi connectivity index (χ3v) is 7.36. The summed E-state index contributed by atoms with van der Waals surface area (Å²) in [6.07, 6.45) is -0.102. The molecule has 3 N–H and O–H groups in total. The van der Waals surface area contributed by atoms with Gasteiger partial charge in [-0.3, -0.25) is 0 Å². The number of nitrogens with one attached hydrogen (secondary N) is 2. The monoisotopic (exact) mass is 552 g/mol. The minimum Gasteiger partial charge on any atom is -0.480 e. The van der Waals surface area contributed by atoms with Gasteiger partial charge in [-0.1, -0.05) is 91.0 Å². The molecule has 0 aliphatic heterocycles. The van der Waals surface area contributed by atoms with Gasteiger partial charge in [0.25, 0.3) is 0 Å². The van der Waals surface area contributed by atoms with Gasteiger partial charge in [0.05, 0.1) is 0 Å². The molecule has 210 valence electrons. The maximum atomic E-state index is 12.5. The molecule has 0 spiro atoms. The topological polar surface area (TPSA) is 114 Å². The number of amides is 2. The predicted octanol–water partition coefficient (Wildman–Crippen LogP) is 6.23. The first-order chi connectivity index (χ1) is 20.0. The van der Waals surface area contributed by atoms with Crippen molar-refractivity contribution < 1.29 is 29.0 Å². The smallest absolute Gasteiger partial charge is 0.407 e. The number of carbonyl (C=O) groups is 3. The van der Waals surface area contributed by atoms with Gasteiger partial charge in [-0.25, -0.2) is 14.4 Å². The van der Waals surface area contributed by atoms with Gasteiger partial charge in [0.1, 0.15) is 19.3 Å². The van der Waals surface area contributed by atoms with Crippen molar-refractivity contribution in [2.24, 2.45) is 0 Å². The SMILES string of the molecule is O=C(NCCCC[C@H](NC(=O)OCC1c2ccccc2-c2ccccc21)C(=O)O)OCc1cccc2ccccc12. The van der Waals surface area contributed by atoms with Crippen molar-refractivity contribution in [3.8, 4) is 11.1 Å². The van der Waals surface area contributed by atoms with Crippen molar-refractivity contribution in [3.63, 3.8) is 0 Å². The number of hydrogen-bond acceptors (Lipinski definition) is 5. The van der Waals surface area contributed by atoms with Gasteiger partial charge in [0.15, 0.2) is 0 Å². The number of ether oxygens (including phenoxy) is 2. The second kappa shape index (κ2) is 13.0. The summed E-state index contributed by atoms with van der Waals surface area (Å²) >= 11 is 0. The van der Waals surface area contributed by atoms with Crippen LogP contribution in [0.3, 0.4) is 0 Å². The number of fused-ring (bicyclic) bond motifs is 4. The van der Waals surface area contributed by atoms with Crippen molar-refractivity contribution >= 4 is 28.9 Å². The normalized spacial score (nSPS) is 12.7. The van der Waals surface area contributed by atoms with Gasteiger partial charge in [-0.05, 0) is 57.9 Å². The number of hydrogen-bond donors (Lipinski definition) is 3. The van der Waals surface area contributed by atoms with E-state index in [-0.39, 0.29) is 25.6 Å². The lowest BCUT2D eigenvalue weighted by molar-refractivity contribution is -0.139. The zero-order valence-electron chi connectivity index (χ0n) is 22.5. The van der Waals surface area contributed by atoms with Crippen molar-refractivity contribution in [1.29, 1.82) is 0 Å². The van der Waals surface area contributed by atoms with Crippen LogP contribution in [0.15, 0.2) is 91.0 Å². The van der Waals surface area contributed by atoms with Gasteiger partial charge in [-0.15, -0.1) is 0 Å². The molecule has 0 bridgehead atoms. The fraction of sp³-hybridized carbons (Fsp3) is 0.242. The van der Waals surface area contributed by atoms with Gasteiger partial charge in [0.2, 0.25) is 0 Å². The summed E-state index contributed by atoms with van der Waals surface area (Å²) in [6, 6.07) is 28.7. The Bertz CT molecular complexity index is 1500. The molecule has 41 heavy (non-hydrogen) atoms. The maximum Gasteiger partial charge on any atom is 0.407 e. The number of carboxylic acids is 1. The molecule has 5 rings (SSSR count). The number of aliphatic carboxylic acids is 1. The zero-order chi connectivity index (χ0) is 28.6. The van der Waals surface area contributed by atoms with Crippen LogP contribution in [0, 0.1) is 0 Å². The van der Waals surface area contributed by atoms with Crippen LogP contribution in [0.25, 0.3) is 21.9 Å². The van der Waals surface area contributed by atoms with Crippen LogP contribution in [-0.2, 0) is 20.9 Å². The van der Waals surface area contributed by atoms with E-state index in [0.29, 0.717) is 19.4 Å². The molecule has 0 heterocycles. The minimum atomic E-state index is -1.14. The Balaban J connectivity index is 1.03. The van der Waals surface area contributed by atoms with E-state index in [2.05, 4.69) is 10.6 Å². The Morgan fingerprint density at radius 3 is 2.15 bits per heavy atom. The van der Waals surface area contributed by atoms with Crippen LogP contribution in [-0.4, -0.2) is 42.5 Å². The molecule has 0 saturated heterocycles. The highest BCUT2D eigenvalue weighted by atomic mass is 16.6. The van der Waals surface area contributed by atoms with Crippen LogP contribution < -0.4 is 10.6 Å². The van der Waals surface area contributed by atoms with E-state index in [0.717, 1.165) is 38.6 Å². The highest BCUT2D eigenvalue weighted by molar-refractivity contribution is 5.86. The zero-order valence-corrected chi connectivity index (χ0v) is 22.5. The number of carbonyl (C=O) groups excluding carboxylic acids is 2. The lowest BCUT2D eigenvalue weighted by Crippen LogP contribution is -2.41.